The van der Waals surface area contributed by atoms with Gasteiger partial charge in [-0.3, -0.25) is 9.69 Å². The maximum atomic E-state index is 13.3. The average molecular weight is 381 g/mol. The van der Waals surface area contributed by atoms with Gasteiger partial charge in [0.2, 0.25) is 0 Å². The number of amides is 1. The molecule has 0 N–H and O–H groups in total. The summed E-state index contributed by atoms with van der Waals surface area (Å²) in [6.45, 7) is 0.695. The standard InChI is InChI=1S/C23H25ClN2O/c1-25-20-11-12-21(25)16-22(15-20)26(14-13-17-5-3-2-4-6-17)23(27)18-7-9-19(24)10-8-18/h2-10,15,20-21H,11-14,16H2,1H3/t20-,21+/m1/s1. The largest absolute Gasteiger partial charge is 0.312 e. The molecule has 2 atom stereocenters. The first-order valence-electron chi connectivity index (χ1n) is 9.66. The van der Waals surface area contributed by atoms with Crippen LogP contribution in [0.4, 0.5) is 0 Å². The summed E-state index contributed by atoms with van der Waals surface area (Å²) < 4.78 is 0. The molecule has 2 aromatic carbocycles. The zero-order valence-corrected chi connectivity index (χ0v) is 16.4. The van der Waals surface area contributed by atoms with Crippen LogP contribution < -0.4 is 0 Å². The number of rotatable bonds is 5. The summed E-state index contributed by atoms with van der Waals surface area (Å²) in [7, 11) is 2.20. The highest BCUT2D eigenvalue weighted by atomic mass is 35.5. The van der Waals surface area contributed by atoms with Gasteiger partial charge < -0.3 is 4.90 Å². The summed E-state index contributed by atoms with van der Waals surface area (Å²) in [4.78, 5) is 17.8. The highest BCUT2D eigenvalue weighted by Gasteiger charge is 2.36. The number of benzene rings is 2. The molecule has 1 saturated heterocycles. The van der Waals surface area contributed by atoms with Crippen molar-refractivity contribution in [2.75, 3.05) is 13.6 Å². The lowest BCUT2D eigenvalue weighted by Crippen LogP contribution is -2.41. The Morgan fingerprint density at radius 1 is 1.11 bits per heavy atom. The van der Waals surface area contributed by atoms with Gasteiger partial charge in [0.15, 0.2) is 0 Å². The lowest BCUT2D eigenvalue weighted by molar-refractivity contribution is 0.0787. The molecule has 4 rings (SSSR count). The summed E-state index contributed by atoms with van der Waals surface area (Å²) in [5, 5.41) is 0.652. The minimum absolute atomic E-state index is 0.0674. The van der Waals surface area contributed by atoms with Gasteiger partial charge >= 0.3 is 0 Å². The van der Waals surface area contributed by atoms with Crippen molar-refractivity contribution < 1.29 is 4.79 Å². The summed E-state index contributed by atoms with van der Waals surface area (Å²) >= 11 is 6.01. The molecule has 0 saturated carbocycles. The van der Waals surface area contributed by atoms with Gasteiger partial charge in [-0.2, -0.15) is 0 Å². The zero-order chi connectivity index (χ0) is 18.8. The Kier molecular flexibility index (Phi) is 5.33. The van der Waals surface area contributed by atoms with E-state index in [-0.39, 0.29) is 5.91 Å². The van der Waals surface area contributed by atoms with Crippen LogP contribution in [0.3, 0.4) is 0 Å². The lowest BCUT2D eigenvalue weighted by atomic mass is 10.0. The molecule has 2 bridgehead atoms. The van der Waals surface area contributed by atoms with Crippen LogP contribution in [0.25, 0.3) is 0 Å². The molecule has 0 aliphatic carbocycles. The summed E-state index contributed by atoms with van der Waals surface area (Å²) in [5.41, 5.74) is 3.12. The van der Waals surface area contributed by atoms with Crippen LogP contribution in [0.5, 0.6) is 0 Å². The van der Waals surface area contributed by atoms with Gasteiger partial charge in [0, 0.05) is 41.3 Å². The molecule has 140 valence electrons. The van der Waals surface area contributed by atoms with Gasteiger partial charge in [0.1, 0.15) is 0 Å². The molecule has 2 aromatic rings. The van der Waals surface area contributed by atoms with E-state index in [1.54, 1.807) is 12.1 Å². The van der Waals surface area contributed by atoms with E-state index in [4.69, 9.17) is 11.6 Å². The summed E-state index contributed by atoms with van der Waals surface area (Å²) in [5.74, 6) is 0.0674. The molecule has 0 radical (unpaired) electrons. The van der Waals surface area contributed by atoms with Crippen LogP contribution in [-0.2, 0) is 6.42 Å². The second-order valence-corrected chi connectivity index (χ2v) is 7.96. The Morgan fingerprint density at radius 3 is 2.56 bits per heavy atom. The Morgan fingerprint density at radius 2 is 1.85 bits per heavy atom. The Labute approximate surface area is 166 Å². The Balaban J connectivity index is 1.59. The van der Waals surface area contributed by atoms with Crippen LogP contribution in [-0.4, -0.2) is 41.4 Å². The fourth-order valence-corrected chi connectivity index (χ4v) is 4.36. The van der Waals surface area contributed by atoms with Crippen molar-refractivity contribution in [1.29, 1.82) is 0 Å². The number of hydrogen-bond acceptors (Lipinski definition) is 2. The highest BCUT2D eigenvalue weighted by molar-refractivity contribution is 6.30. The Bertz CT molecular complexity index is 831. The molecular formula is C23H25ClN2O. The second-order valence-electron chi connectivity index (χ2n) is 7.53. The molecule has 2 heterocycles. The van der Waals surface area contributed by atoms with E-state index in [2.05, 4.69) is 42.3 Å². The van der Waals surface area contributed by atoms with Crippen molar-refractivity contribution in [3.8, 4) is 0 Å². The zero-order valence-electron chi connectivity index (χ0n) is 15.6. The van der Waals surface area contributed by atoms with Crippen LogP contribution in [0.1, 0.15) is 35.2 Å². The van der Waals surface area contributed by atoms with Crippen molar-refractivity contribution >= 4 is 17.5 Å². The third-order valence-corrected chi connectivity index (χ3v) is 6.13. The molecular weight excluding hydrogens is 356 g/mol. The number of likely N-dealkylation sites (N-methyl/N-ethyl adjacent to an activating group) is 1. The number of carbonyl (C=O) groups excluding carboxylic acids is 1. The first-order valence-corrected chi connectivity index (χ1v) is 10.0. The lowest BCUT2D eigenvalue weighted by Gasteiger charge is -2.35. The summed E-state index contributed by atoms with van der Waals surface area (Å²) in [6.07, 6.45) is 6.50. The van der Waals surface area contributed by atoms with E-state index in [1.165, 1.54) is 24.1 Å². The van der Waals surface area contributed by atoms with Gasteiger partial charge in [-0.1, -0.05) is 41.9 Å². The fourth-order valence-electron chi connectivity index (χ4n) is 4.23. The van der Waals surface area contributed by atoms with Gasteiger partial charge in [-0.25, -0.2) is 0 Å². The predicted molar refractivity (Wildman–Crippen MR) is 110 cm³/mol. The van der Waals surface area contributed by atoms with E-state index >= 15 is 0 Å². The third-order valence-electron chi connectivity index (χ3n) is 5.87. The van der Waals surface area contributed by atoms with Crippen molar-refractivity contribution in [2.24, 2.45) is 0 Å². The minimum Gasteiger partial charge on any atom is -0.312 e. The first-order chi connectivity index (χ1) is 13.1. The number of nitrogens with zero attached hydrogens (tertiary/aromatic N) is 2. The van der Waals surface area contributed by atoms with Crippen LogP contribution in [0.15, 0.2) is 66.4 Å². The van der Waals surface area contributed by atoms with Crippen molar-refractivity contribution in [2.45, 2.75) is 37.8 Å². The molecule has 2 aliphatic heterocycles. The van der Waals surface area contributed by atoms with E-state index < -0.39 is 0 Å². The van der Waals surface area contributed by atoms with Gasteiger partial charge in [-0.05, 0) is 62.2 Å². The van der Waals surface area contributed by atoms with E-state index in [9.17, 15) is 4.79 Å². The topological polar surface area (TPSA) is 23.6 Å². The van der Waals surface area contributed by atoms with Crippen molar-refractivity contribution in [3.63, 3.8) is 0 Å². The quantitative estimate of drug-likeness (QED) is 0.745. The minimum atomic E-state index is 0.0674. The number of carbonyl (C=O) groups is 1. The maximum absolute atomic E-state index is 13.3. The fraction of sp³-hybridized carbons (Fsp3) is 0.348. The van der Waals surface area contributed by atoms with Crippen LogP contribution in [0, 0.1) is 0 Å². The number of halogens is 1. The third kappa shape index (κ3) is 3.95. The molecule has 1 amide bonds. The van der Waals surface area contributed by atoms with Crippen molar-refractivity contribution in [1.82, 2.24) is 9.80 Å². The Hall–Kier alpha value is -2.10. The van der Waals surface area contributed by atoms with Crippen LogP contribution >= 0.6 is 11.6 Å². The molecule has 3 nitrogen and oxygen atoms in total. The van der Waals surface area contributed by atoms with E-state index in [0.29, 0.717) is 29.2 Å². The summed E-state index contributed by atoms with van der Waals surface area (Å²) in [6, 6.07) is 18.6. The van der Waals surface area contributed by atoms with E-state index in [1.807, 2.05) is 23.1 Å². The maximum Gasteiger partial charge on any atom is 0.258 e. The monoisotopic (exact) mass is 380 g/mol. The SMILES string of the molecule is CN1[C@H]2CC[C@@H]1C=C(N(CCc1ccccc1)C(=O)c1ccc(Cl)cc1)C2. The second kappa shape index (κ2) is 7.87. The molecule has 0 unspecified atom stereocenters. The van der Waals surface area contributed by atoms with E-state index in [0.717, 1.165) is 12.8 Å². The van der Waals surface area contributed by atoms with Gasteiger partial charge in [0.25, 0.3) is 5.91 Å². The highest BCUT2D eigenvalue weighted by Crippen LogP contribution is 2.35. The smallest absolute Gasteiger partial charge is 0.258 e. The molecule has 2 aliphatic rings. The number of fused-ring (bicyclic) bond motifs is 2. The molecule has 27 heavy (non-hydrogen) atoms. The molecule has 0 aromatic heterocycles. The first kappa shape index (κ1) is 18.3. The normalized spacial score (nSPS) is 21.8. The van der Waals surface area contributed by atoms with Gasteiger partial charge in [-0.15, -0.1) is 0 Å². The number of hydrogen-bond donors (Lipinski definition) is 0. The predicted octanol–water partition coefficient (Wildman–Crippen LogP) is 4.78. The van der Waals surface area contributed by atoms with Crippen LogP contribution in [0.2, 0.25) is 5.02 Å². The molecule has 1 fully saturated rings. The molecule has 4 heteroatoms. The van der Waals surface area contributed by atoms with Crippen molar-refractivity contribution in [3.05, 3.63) is 82.5 Å². The average Bonchev–Trinajstić information content (AvgIpc) is 2.90. The van der Waals surface area contributed by atoms with Gasteiger partial charge in [0.05, 0.1) is 0 Å². The molecule has 0 spiro atoms.